The van der Waals surface area contributed by atoms with Crippen LogP contribution in [0.1, 0.15) is 26.7 Å². The first-order valence-corrected chi connectivity index (χ1v) is 4.67. The molecule has 1 fully saturated rings. The molecule has 0 aliphatic carbocycles. The molecule has 1 aliphatic heterocycles. The molecule has 4 heteroatoms. The number of likely N-dealkylation sites (tertiary alicyclic amines) is 1. The molecule has 1 atom stereocenters. The molecule has 76 valence electrons. The minimum absolute atomic E-state index is 0.118. The Hall–Kier alpha value is -0.610. The number of carboxylic acid groups (broad SMARTS) is 1. The smallest absolute Gasteiger partial charge is 0.321 e. The highest BCUT2D eigenvalue weighted by Crippen LogP contribution is 2.27. The second-order valence-electron chi connectivity index (χ2n) is 4.31. The van der Waals surface area contributed by atoms with Crippen LogP contribution in [0.5, 0.6) is 0 Å². The van der Waals surface area contributed by atoms with Gasteiger partial charge in [0.1, 0.15) is 6.04 Å². The summed E-state index contributed by atoms with van der Waals surface area (Å²) in [7, 11) is 0. The number of carbonyl (C=O) groups is 1. The van der Waals surface area contributed by atoms with E-state index in [4.69, 9.17) is 10.8 Å². The van der Waals surface area contributed by atoms with Crippen LogP contribution >= 0.6 is 0 Å². The maximum atomic E-state index is 10.5. The molecular weight excluding hydrogens is 168 g/mol. The van der Waals surface area contributed by atoms with Crippen LogP contribution < -0.4 is 5.73 Å². The fourth-order valence-corrected chi connectivity index (χ4v) is 1.82. The Balaban J connectivity index is 2.49. The van der Waals surface area contributed by atoms with Crippen molar-refractivity contribution in [2.24, 2.45) is 5.73 Å². The highest BCUT2D eigenvalue weighted by Gasteiger charge is 2.33. The highest BCUT2D eigenvalue weighted by molar-refractivity contribution is 5.73. The lowest BCUT2D eigenvalue weighted by molar-refractivity contribution is -0.139. The molecule has 1 aliphatic rings. The van der Waals surface area contributed by atoms with Crippen molar-refractivity contribution in [2.45, 2.75) is 38.3 Å². The Kier molecular flexibility index (Phi) is 2.93. The van der Waals surface area contributed by atoms with E-state index in [1.807, 2.05) is 0 Å². The van der Waals surface area contributed by atoms with Gasteiger partial charge in [0, 0.05) is 12.1 Å². The van der Waals surface area contributed by atoms with Crippen molar-refractivity contribution >= 4 is 5.97 Å². The van der Waals surface area contributed by atoms with Crippen molar-refractivity contribution in [1.82, 2.24) is 4.90 Å². The van der Waals surface area contributed by atoms with E-state index < -0.39 is 12.0 Å². The monoisotopic (exact) mass is 186 g/mol. The molecular formula is C9H18N2O2. The summed E-state index contributed by atoms with van der Waals surface area (Å²) < 4.78 is 0. The molecule has 13 heavy (non-hydrogen) atoms. The molecule has 1 heterocycles. The average Bonchev–Trinajstić information content (AvgIpc) is 2.30. The Labute approximate surface area is 78.7 Å². The average molecular weight is 186 g/mol. The van der Waals surface area contributed by atoms with Gasteiger partial charge in [-0.1, -0.05) is 0 Å². The summed E-state index contributed by atoms with van der Waals surface area (Å²) in [6.45, 7) is 5.69. The Morgan fingerprint density at radius 3 is 2.69 bits per heavy atom. The molecule has 4 nitrogen and oxygen atoms in total. The second-order valence-corrected chi connectivity index (χ2v) is 4.31. The van der Waals surface area contributed by atoms with E-state index in [1.54, 1.807) is 0 Å². The molecule has 0 radical (unpaired) electrons. The van der Waals surface area contributed by atoms with Gasteiger partial charge in [-0.2, -0.15) is 0 Å². The number of carboxylic acids is 1. The van der Waals surface area contributed by atoms with Crippen LogP contribution in [0, 0.1) is 0 Å². The fourth-order valence-electron chi connectivity index (χ4n) is 1.82. The van der Waals surface area contributed by atoms with Crippen LogP contribution in [-0.4, -0.2) is 40.6 Å². The van der Waals surface area contributed by atoms with Gasteiger partial charge in [0.25, 0.3) is 0 Å². The van der Waals surface area contributed by atoms with Crippen molar-refractivity contribution in [3.05, 3.63) is 0 Å². The van der Waals surface area contributed by atoms with Gasteiger partial charge in [-0.05, 0) is 33.2 Å². The van der Waals surface area contributed by atoms with E-state index in [-0.39, 0.29) is 5.54 Å². The first-order chi connectivity index (χ1) is 5.93. The molecule has 0 aromatic carbocycles. The van der Waals surface area contributed by atoms with Crippen LogP contribution in [0.25, 0.3) is 0 Å². The topological polar surface area (TPSA) is 66.6 Å². The predicted molar refractivity (Wildman–Crippen MR) is 50.5 cm³/mol. The summed E-state index contributed by atoms with van der Waals surface area (Å²) in [6.07, 6.45) is 2.26. The highest BCUT2D eigenvalue weighted by atomic mass is 16.4. The van der Waals surface area contributed by atoms with E-state index in [9.17, 15) is 4.79 Å². The molecule has 1 unspecified atom stereocenters. The van der Waals surface area contributed by atoms with Gasteiger partial charge in [0.2, 0.25) is 0 Å². The maximum Gasteiger partial charge on any atom is 0.321 e. The van der Waals surface area contributed by atoms with Crippen molar-refractivity contribution in [2.75, 3.05) is 13.1 Å². The molecule has 1 rings (SSSR count). The predicted octanol–water partition coefficient (Wildman–Crippen LogP) is 0.273. The third-order valence-corrected chi connectivity index (χ3v) is 2.81. The van der Waals surface area contributed by atoms with E-state index >= 15 is 0 Å². The zero-order valence-corrected chi connectivity index (χ0v) is 8.29. The van der Waals surface area contributed by atoms with Gasteiger partial charge in [-0.3, -0.25) is 9.69 Å². The fraction of sp³-hybridized carbons (Fsp3) is 0.889. The van der Waals surface area contributed by atoms with Gasteiger partial charge >= 0.3 is 5.97 Å². The molecule has 0 aromatic rings. The summed E-state index contributed by atoms with van der Waals surface area (Å²) in [5, 5.41) is 8.66. The molecule has 0 spiro atoms. The maximum absolute atomic E-state index is 10.5. The van der Waals surface area contributed by atoms with E-state index in [0.29, 0.717) is 6.54 Å². The van der Waals surface area contributed by atoms with E-state index in [2.05, 4.69) is 18.7 Å². The third kappa shape index (κ3) is 2.42. The van der Waals surface area contributed by atoms with Gasteiger partial charge in [-0.25, -0.2) is 0 Å². The van der Waals surface area contributed by atoms with Gasteiger partial charge in [0.15, 0.2) is 0 Å². The standard InChI is InChI=1S/C9H18N2O2/c1-9(2)4-3-5-11(9)6-7(10)8(12)13/h7H,3-6,10H2,1-2H3,(H,12,13). The first-order valence-electron chi connectivity index (χ1n) is 4.67. The molecule has 0 bridgehead atoms. The minimum Gasteiger partial charge on any atom is -0.480 e. The number of aliphatic carboxylic acids is 1. The van der Waals surface area contributed by atoms with Crippen LogP contribution in [0.15, 0.2) is 0 Å². The molecule has 3 N–H and O–H groups in total. The van der Waals surface area contributed by atoms with Gasteiger partial charge in [-0.15, -0.1) is 0 Å². The van der Waals surface area contributed by atoms with Crippen molar-refractivity contribution in [1.29, 1.82) is 0 Å². The molecule has 0 saturated carbocycles. The molecule has 1 saturated heterocycles. The van der Waals surface area contributed by atoms with Crippen molar-refractivity contribution < 1.29 is 9.90 Å². The minimum atomic E-state index is -0.914. The number of hydrogen-bond acceptors (Lipinski definition) is 3. The summed E-state index contributed by atoms with van der Waals surface area (Å²) in [4.78, 5) is 12.7. The summed E-state index contributed by atoms with van der Waals surface area (Å²) in [5.41, 5.74) is 5.59. The number of hydrogen-bond donors (Lipinski definition) is 2. The Morgan fingerprint density at radius 2 is 2.31 bits per heavy atom. The van der Waals surface area contributed by atoms with Crippen LogP contribution in [0.4, 0.5) is 0 Å². The van der Waals surface area contributed by atoms with Crippen molar-refractivity contribution in [3.63, 3.8) is 0 Å². The summed E-state index contributed by atoms with van der Waals surface area (Å²) >= 11 is 0. The van der Waals surface area contributed by atoms with Gasteiger partial charge in [0.05, 0.1) is 0 Å². The second kappa shape index (κ2) is 3.64. The summed E-state index contributed by atoms with van der Waals surface area (Å²) in [5.74, 6) is -0.914. The zero-order valence-electron chi connectivity index (χ0n) is 8.29. The van der Waals surface area contributed by atoms with Crippen LogP contribution in [0.3, 0.4) is 0 Å². The van der Waals surface area contributed by atoms with Crippen LogP contribution in [-0.2, 0) is 4.79 Å². The first kappa shape index (κ1) is 10.5. The lowest BCUT2D eigenvalue weighted by atomic mass is 10.0. The SMILES string of the molecule is CC1(C)CCCN1CC(N)C(=O)O. The van der Waals surface area contributed by atoms with Gasteiger partial charge < -0.3 is 10.8 Å². The zero-order chi connectivity index (χ0) is 10.1. The number of rotatable bonds is 3. The quantitative estimate of drug-likeness (QED) is 0.664. The van der Waals surface area contributed by atoms with E-state index in [0.717, 1.165) is 19.4 Å². The van der Waals surface area contributed by atoms with Crippen LogP contribution in [0.2, 0.25) is 0 Å². The largest absolute Gasteiger partial charge is 0.480 e. The van der Waals surface area contributed by atoms with Crippen molar-refractivity contribution in [3.8, 4) is 0 Å². The Morgan fingerprint density at radius 1 is 1.69 bits per heavy atom. The molecule has 0 amide bonds. The normalized spacial score (nSPS) is 24.5. The molecule has 0 aromatic heterocycles. The summed E-state index contributed by atoms with van der Waals surface area (Å²) in [6, 6.07) is -0.752. The third-order valence-electron chi connectivity index (χ3n) is 2.81. The Bertz CT molecular complexity index is 204. The number of nitrogens with zero attached hydrogens (tertiary/aromatic N) is 1. The number of nitrogens with two attached hydrogens (primary N) is 1. The van der Waals surface area contributed by atoms with E-state index in [1.165, 1.54) is 0 Å². The lowest BCUT2D eigenvalue weighted by Crippen LogP contribution is -2.48. The lowest BCUT2D eigenvalue weighted by Gasteiger charge is -2.32.